The third kappa shape index (κ3) is 3.19. The number of anilines is 1. The standard InChI is InChI=1S/C14H14N2O5/c1-9-3-5-11(21-9)8-15(2)10-4-6-12(14(17)18)13(7-10)16(19)20/h3-7H,8H2,1-2H3,(H,17,18). The number of nitro benzene ring substituents is 1. The summed E-state index contributed by atoms with van der Waals surface area (Å²) in [5, 5.41) is 19.9. The van der Waals surface area contributed by atoms with E-state index >= 15 is 0 Å². The van der Waals surface area contributed by atoms with Crippen LogP contribution in [0.15, 0.2) is 34.7 Å². The van der Waals surface area contributed by atoms with Gasteiger partial charge in [0.05, 0.1) is 11.5 Å². The summed E-state index contributed by atoms with van der Waals surface area (Å²) < 4.78 is 5.45. The zero-order valence-corrected chi connectivity index (χ0v) is 11.6. The van der Waals surface area contributed by atoms with Crippen LogP contribution in [0.4, 0.5) is 11.4 Å². The number of hydrogen-bond acceptors (Lipinski definition) is 5. The second-order valence-electron chi connectivity index (χ2n) is 4.63. The van der Waals surface area contributed by atoms with Gasteiger partial charge in [-0.05, 0) is 31.2 Å². The summed E-state index contributed by atoms with van der Waals surface area (Å²) in [6, 6.07) is 7.68. The second-order valence-corrected chi connectivity index (χ2v) is 4.63. The van der Waals surface area contributed by atoms with E-state index in [9.17, 15) is 14.9 Å². The molecule has 0 radical (unpaired) electrons. The Morgan fingerprint density at radius 1 is 1.38 bits per heavy atom. The van der Waals surface area contributed by atoms with Crippen molar-refractivity contribution in [3.05, 3.63) is 57.5 Å². The van der Waals surface area contributed by atoms with Gasteiger partial charge < -0.3 is 14.4 Å². The van der Waals surface area contributed by atoms with E-state index in [0.717, 1.165) is 11.5 Å². The molecule has 0 spiro atoms. The van der Waals surface area contributed by atoms with E-state index < -0.39 is 16.6 Å². The molecule has 2 aromatic rings. The van der Waals surface area contributed by atoms with Crippen molar-refractivity contribution in [2.75, 3.05) is 11.9 Å². The van der Waals surface area contributed by atoms with Crippen molar-refractivity contribution in [1.82, 2.24) is 0 Å². The van der Waals surface area contributed by atoms with Crippen molar-refractivity contribution >= 4 is 17.3 Å². The van der Waals surface area contributed by atoms with Crippen molar-refractivity contribution in [3.8, 4) is 0 Å². The summed E-state index contributed by atoms with van der Waals surface area (Å²) in [5.74, 6) is 0.183. The molecule has 0 aliphatic rings. The second kappa shape index (κ2) is 5.66. The quantitative estimate of drug-likeness (QED) is 0.671. The van der Waals surface area contributed by atoms with Gasteiger partial charge in [-0.2, -0.15) is 0 Å². The lowest BCUT2D eigenvalue weighted by Gasteiger charge is -2.18. The molecule has 0 bridgehead atoms. The maximum atomic E-state index is 11.0. The van der Waals surface area contributed by atoms with Crippen LogP contribution >= 0.6 is 0 Å². The molecule has 2 rings (SSSR count). The van der Waals surface area contributed by atoms with Gasteiger partial charge in [-0.1, -0.05) is 0 Å². The van der Waals surface area contributed by atoms with Crippen molar-refractivity contribution in [3.63, 3.8) is 0 Å². The lowest BCUT2D eigenvalue weighted by atomic mass is 10.1. The van der Waals surface area contributed by atoms with Crippen LogP contribution in [0, 0.1) is 17.0 Å². The highest BCUT2D eigenvalue weighted by Gasteiger charge is 2.21. The van der Waals surface area contributed by atoms with Crippen LogP contribution in [0.1, 0.15) is 21.9 Å². The number of aromatic carboxylic acids is 1. The smallest absolute Gasteiger partial charge is 0.342 e. The van der Waals surface area contributed by atoms with Crippen LogP contribution in [-0.2, 0) is 6.54 Å². The topological polar surface area (TPSA) is 96.8 Å². The van der Waals surface area contributed by atoms with E-state index in [1.54, 1.807) is 11.9 Å². The molecule has 0 aliphatic heterocycles. The Morgan fingerprint density at radius 2 is 2.10 bits per heavy atom. The molecule has 110 valence electrons. The summed E-state index contributed by atoms with van der Waals surface area (Å²) >= 11 is 0. The lowest BCUT2D eigenvalue weighted by molar-refractivity contribution is -0.385. The molecule has 0 amide bonds. The average Bonchev–Trinajstić information content (AvgIpc) is 2.83. The molecule has 1 heterocycles. The Kier molecular flexibility index (Phi) is 3.93. The monoisotopic (exact) mass is 290 g/mol. The first-order valence-electron chi connectivity index (χ1n) is 6.16. The average molecular weight is 290 g/mol. The maximum absolute atomic E-state index is 11.0. The Balaban J connectivity index is 2.29. The van der Waals surface area contributed by atoms with Crippen molar-refractivity contribution < 1.29 is 19.2 Å². The first-order valence-corrected chi connectivity index (χ1v) is 6.16. The van der Waals surface area contributed by atoms with Gasteiger partial charge in [0.2, 0.25) is 0 Å². The number of carboxylic acid groups (broad SMARTS) is 1. The molecule has 0 saturated carbocycles. The fourth-order valence-corrected chi connectivity index (χ4v) is 1.98. The van der Waals surface area contributed by atoms with Crippen LogP contribution in [-0.4, -0.2) is 23.0 Å². The number of rotatable bonds is 5. The van der Waals surface area contributed by atoms with Gasteiger partial charge in [-0.3, -0.25) is 10.1 Å². The van der Waals surface area contributed by atoms with Gasteiger partial charge in [0.15, 0.2) is 0 Å². The molecule has 0 fully saturated rings. The number of carboxylic acids is 1. The SMILES string of the molecule is Cc1ccc(CN(C)c2ccc(C(=O)O)c([N+](=O)[O-])c2)o1. The molecule has 0 aliphatic carbocycles. The number of nitro groups is 1. The molecule has 7 heteroatoms. The van der Waals surface area contributed by atoms with Gasteiger partial charge in [0, 0.05) is 18.8 Å². The Hall–Kier alpha value is -2.83. The minimum Gasteiger partial charge on any atom is -0.477 e. The molecule has 7 nitrogen and oxygen atoms in total. The largest absolute Gasteiger partial charge is 0.477 e. The summed E-state index contributed by atoms with van der Waals surface area (Å²) in [6.07, 6.45) is 0. The van der Waals surface area contributed by atoms with E-state index in [1.807, 2.05) is 19.1 Å². The Labute approximate surface area is 120 Å². The van der Waals surface area contributed by atoms with Crippen LogP contribution in [0.25, 0.3) is 0 Å². The number of aryl methyl sites for hydroxylation is 1. The number of hydrogen-bond donors (Lipinski definition) is 1. The van der Waals surface area contributed by atoms with E-state index in [-0.39, 0.29) is 5.56 Å². The highest BCUT2D eigenvalue weighted by molar-refractivity contribution is 5.93. The number of furan rings is 1. The zero-order chi connectivity index (χ0) is 15.6. The van der Waals surface area contributed by atoms with Crippen molar-refractivity contribution in [2.24, 2.45) is 0 Å². The van der Waals surface area contributed by atoms with Crippen LogP contribution < -0.4 is 4.90 Å². The highest BCUT2D eigenvalue weighted by Crippen LogP contribution is 2.26. The van der Waals surface area contributed by atoms with Gasteiger partial charge in [-0.15, -0.1) is 0 Å². The van der Waals surface area contributed by atoms with Crippen molar-refractivity contribution in [2.45, 2.75) is 13.5 Å². The molecule has 1 N–H and O–H groups in total. The van der Waals surface area contributed by atoms with Crippen LogP contribution in [0.5, 0.6) is 0 Å². The summed E-state index contributed by atoms with van der Waals surface area (Å²) in [7, 11) is 1.75. The van der Waals surface area contributed by atoms with E-state index in [4.69, 9.17) is 9.52 Å². The highest BCUT2D eigenvalue weighted by atomic mass is 16.6. The van der Waals surface area contributed by atoms with Crippen molar-refractivity contribution in [1.29, 1.82) is 0 Å². The minimum absolute atomic E-state index is 0.328. The first kappa shape index (κ1) is 14.6. The number of benzene rings is 1. The minimum atomic E-state index is -1.32. The molecular formula is C14H14N2O5. The van der Waals surface area contributed by atoms with Gasteiger partial charge in [0.1, 0.15) is 17.1 Å². The van der Waals surface area contributed by atoms with E-state index in [1.165, 1.54) is 18.2 Å². The fraction of sp³-hybridized carbons (Fsp3) is 0.214. The normalized spacial score (nSPS) is 10.4. The first-order chi connectivity index (χ1) is 9.88. The summed E-state index contributed by atoms with van der Waals surface area (Å²) in [5.41, 5.74) is -0.214. The maximum Gasteiger partial charge on any atom is 0.342 e. The Bertz CT molecular complexity index is 692. The molecule has 0 atom stereocenters. The van der Waals surface area contributed by atoms with E-state index in [2.05, 4.69) is 0 Å². The van der Waals surface area contributed by atoms with Gasteiger partial charge in [-0.25, -0.2) is 4.79 Å². The van der Waals surface area contributed by atoms with Crippen LogP contribution in [0.3, 0.4) is 0 Å². The summed E-state index contributed by atoms with van der Waals surface area (Å²) in [4.78, 5) is 23.0. The zero-order valence-electron chi connectivity index (χ0n) is 11.6. The van der Waals surface area contributed by atoms with Gasteiger partial charge >= 0.3 is 5.97 Å². The fourth-order valence-electron chi connectivity index (χ4n) is 1.98. The Morgan fingerprint density at radius 3 is 2.62 bits per heavy atom. The third-order valence-corrected chi connectivity index (χ3v) is 3.04. The molecule has 1 aromatic heterocycles. The number of carbonyl (C=O) groups is 1. The predicted molar refractivity (Wildman–Crippen MR) is 75.6 cm³/mol. The molecular weight excluding hydrogens is 276 g/mol. The van der Waals surface area contributed by atoms with E-state index in [0.29, 0.717) is 12.2 Å². The lowest BCUT2D eigenvalue weighted by Crippen LogP contribution is -2.16. The molecule has 21 heavy (non-hydrogen) atoms. The molecule has 1 aromatic carbocycles. The molecule has 0 unspecified atom stereocenters. The predicted octanol–water partition coefficient (Wildman–Crippen LogP) is 2.83. The third-order valence-electron chi connectivity index (χ3n) is 3.04. The van der Waals surface area contributed by atoms with Crippen LogP contribution in [0.2, 0.25) is 0 Å². The number of nitrogens with zero attached hydrogens (tertiary/aromatic N) is 2. The summed E-state index contributed by atoms with van der Waals surface area (Å²) in [6.45, 7) is 2.26. The van der Waals surface area contributed by atoms with Gasteiger partial charge in [0.25, 0.3) is 5.69 Å². The molecule has 0 saturated heterocycles.